The van der Waals surface area contributed by atoms with Gasteiger partial charge in [0, 0.05) is 22.3 Å². The molecule has 0 aliphatic rings. The third-order valence-electron chi connectivity index (χ3n) is 11.3. The van der Waals surface area contributed by atoms with E-state index < -0.39 is 0 Å². The minimum Gasteiger partial charge on any atom is -0.300 e. The highest BCUT2D eigenvalue weighted by molar-refractivity contribution is 5.91. The van der Waals surface area contributed by atoms with Crippen LogP contribution in [0, 0.1) is 0 Å². The molecule has 0 spiro atoms. The summed E-state index contributed by atoms with van der Waals surface area (Å²) < 4.78 is 7.73. The molecule has 4 aromatic heterocycles. The summed E-state index contributed by atoms with van der Waals surface area (Å²) in [5, 5.41) is 0. The molecule has 286 valence electrons. The van der Waals surface area contributed by atoms with Gasteiger partial charge in [-0.25, -0.2) is 9.97 Å². The summed E-state index contributed by atoms with van der Waals surface area (Å²) in [5.41, 5.74) is 10.6. The van der Waals surface area contributed by atoms with Crippen molar-refractivity contribution in [2.24, 2.45) is 0 Å². The van der Waals surface area contributed by atoms with E-state index in [1.807, 2.05) is 206 Å². The Labute approximate surface area is 344 Å². The predicted molar refractivity (Wildman–Crippen MR) is 240 cm³/mol. The molecular weight excluding hydrogens is 741 g/mol. The second-order valence-electron chi connectivity index (χ2n) is 15.0. The van der Waals surface area contributed by atoms with Crippen LogP contribution in [0.3, 0.4) is 0 Å². The first-order chi connectivity index (χ1) is 29.6. The van der Waals surface area contributed by atoms with E-state index in [1.165, 1.54) is 0 Å². The van der Waals surface area contributed by atoms with E-state index in [9.17, 15) is 9.59 Å². The summed E-state index contributed by atoms with van der Waals surface area (Å²) in [6, 6.07) is 64.1. The van der Waals surface area contributed by atoms with Gasteiger partial charge < -0.3 is 9.13 Å². The van der Waals surface area contributed by atoms with Gasteiger partial charge in [-0.05, 0) is 41.5 Å². The van der Waals surface area contributed by atoms with Gasteiger partial charge in [-0.2, -0.15) is 0 Å². The van der Waals surface area contributed by atoms with Gasteiger partial charge in [-0.15, -0.1) is 0 Å². The van der Waals surface area contributed by atoms with Gasteiger partial charge in [-0.3, -0.25) is 18.4 Å². The third kappa shape index (κ3) is 5.76. The van der Waals surface area contributed by atoms with Crippen molar-refractivity contribution in [2.75, 3.05) is 0 Å². The van der Waals surface area contributed by atoms with E-state index in [4.69, 9.17) is 9.97 Å². The largest absolute Gasteiger partial charge is 0.300 e. The van der Waals surface area contributed by atoms with Crippen LogP contribution in [-0.4, -0.2) is 27.9 Å². The molecule has 0 radical (unpaired) electrons. The summed E-state index contributed by atoms with van der Waals surface area (Å²) in [5.74, 6) is 1.26. The van der Waals surface area contributed by atoms with E-state index in [0.717, 1.165) is 55.4 Å². The van der Waals surface area contributed by atoms with Crippen LogP contribution in [-0.2, 0) is 13.1 Å². The van der Waals surface area contributed by atoms with E-state index in [1.54, 1.807) is 0 Å². The van der Waals surface area contributed by atoms with Crippen molar-refractivity contribution in [1.29, 1.82) is 0 Å². The Hall–Kier alpha value is -8.10. The quantitative estimate of drug-likeness (QED) is 0.154. The molecule has 8 heteroatoms. The number of hydrogen-bond acceptors (Lipinski definition) is 4. The Balaban J connectivity index is 1.18. The predicted octanol–water partition coefficient (Wildman–Crippen LogP) is 10.4. The highest BCUT2D eigenvalue weighted by Crippen LogP contribution is 2.36. The van der Waals surface area contributed by atoms with Gasteiger partial charge in [0.15, 0.2) is 0 Å². The third-order valence-corrected chi connectivity index (χ3v) is 11.3. The molecule has 60 heavy (non-hydrogen) atoms. The molecule has 0 N–H and O–H groups in total. The van der Waals surface area contributed by atoms with Crippen LogP contribution < -0.4 is 11.1 Å². The van der Waals surface area contributed by atoms with Crippen LogP contribution >= 0.6 is 0 Å². The minimum absolute atomic E-state index is 0.128. The highest BCUT2D eigenvalue weighted by atomic mass is 16.1. The number of imidazole rings is 2. The highest BCUT2D eigenvalue weighted by Gasteiger charge is 2.25. The summed E-state index contributed by atoms with van der Waals surface area (Å²) in [4.78, 5) is 40.5. The fourth-order valence-corrected chi connectivity index (χ4v) is 8.57. The molecule has 0 aliphatic carbocycles. The Morgan fingerprint density at radius 1 is 0.350 bits per heavy atom. The zero-order chi connectivity index (χ0) is 40.2. The minimum atomic E-state index is -0.128. The molecule has 0 saturated heterocycles. The van der Waals surface area contributed by atoms with Crippen molar-refractivity contribution in [2.45, 2.75) is 13.1 Å². The second kappa shape index (κ2) is 14.4. The first-order valence-electron chi connectivity index (χ1n) is 20.0. The molecule has 0 amide bonds. The molecule has 11 aromatic rings. The average Bonchev–Trinajstić information content (AvgIpc) is 3.92. The van der Waals surface area contributed by atoms with Crippen LogP contribution in [0.25, 0.3) is 78.4 Å². The molecular formula is C52H36N6O2. The van der Waals surface area contributed by atoms with Crippen molar-refractivity contribution in [3.05, 3.63) is 226 Å². The maximum atomic E-state index is 14.9. The number of aromatic nitrogens is 6. The number of fused-ring (bicyclic) bond motifs is 6. The maximum absolute atomic E-state index is 14.9. The first-order valence-corrected chi connectivity index (χ1v) is 20.0. The lowest BCUT2D eigenvalue weighted by atomic mass is 10.1. The van der Waals surface area contributed by atoms with Crippen LogP contribution in [0.2, 0.25) is 0 Å². The van der Waals surface area contributed by atoms with Crippen molar-refractivity contribution in [1.82, 2.24) is 27.9 Å². The molecule has 0 aliphatic heterocycles. The van der Waals surface area contributed by atoms with Gasteiger partial charge in [0.2, 0.25) is 0 Å². The Morgan fingerprint density at radius 2 is 0.683 bits per heavy atom. The molecule has 0 unspecified atom stereocenters. The maximum Gasteiger partial charge on any atom is 0.277 e. The van der Waals surface area contributed by atoms with Crippen LogP contribution in [0.1, 0.15) is 11.1 Å². The smallest absolute Gasteiger partial charge is 0.277 e. The number of rotatable bonds is 8. The standard InChI is InChI=1S/C52H36N6O2/c59-51-47-45(37-22-9-3-10-23-37)53-49(57(47)43-30-15-13-28-41(43)55(51)33-35-18-5-1-6-19-35)39-26-17-27-40(32-39)50-54-46(38-24-11-4-12-25-38)48-52(60)56(34-36-20-7-2-8-21-36)42-29-14-16-31-44(42)58(48)50/h1-32H,33-34H2. The van der Waals surface area contributed by atoms with Gasteiger partial charge in [0.1, 0.15) is 34.1 Å². The van der Waals surface area contributed by atoms with E-state index in [2.05, 4.69) is 6.07 Å². The van der Waals surface area contributed by atoms with E-state index in [0.29, 0.717) is 47.2 Å². The average molecular weight is 777 g/mol. The zero-order valence-corrected chi connectivity index (χ0v) is 32.4. The zero-order valence-electron chi connectivity index (χ0n) is 32.4. The Morgan fingerprint density at radius 3 is 1.08 bits per heavy atom. The van der Waals surface area contributed by atoms with Gasteiger partial charge in [0.25, 0.3) is 11.1 Å². The molecule has 8 nitrogen and oxygen atoms in total. The van der Waals surface area contributed by atoms with Crippen molar-refractivity contribution in [3.8, 4) is 45.3 Å². The second-order valence-corrected chi connectivity index (χ2v) is 15.0. The van der Waals surface area contributed by atoms with Gasteiger partial charge in [0.05, 0.1) is 35.2 Å². The topological polar surface area (TPSA) is 78.6 Å². The number of para-hydroxylation sites is 4. The molecule has 7 aromatic carbocycles. The Kier molecular flexibility index (Phi) is 8.41. The lowest BCUT2D eigenvalue weighted by Crippen LogP contribution is -2.24. The van der Waals surface area contributed by atoms with Gasteiger partial charge >= 0.3 is 0 Å². The number of nitrogens with zero attached hydrogens (tertiary/aromatic N) is 6. The molecule has 0 bridgehead atoms. The molecule has 11 rings (SSSR count). The van der Waals surface area contributed by atoms with Crippen LogP contribution in [0.15, 0.2) is 204 Å². The van der Waals surface area contributed by atoms with Gasteiger partial charge in [-0.1, -0.05) is 164 Å². The molecule has 4 heterocycles. The number of benzene rings is 7. The first kappa shape index (κ1) is 35.1. The molecule has 0 fully saturated rings. The van der Waals surface area contributed by atoms with Crippen molar-refractivity contribution in [3.63, 3.8) is 0 Å². The van der Waals surface area contributed by atoms with Crippen LogP contribution in [0.4, 0.5) is 0 Å². The summed E-state index contributed by atoms with van der Waals surface area (Å²) >= 11 is 0. The summed E-state index contributed by atoms with van der Waals surface area (Å²) in [6.45, 7) is 0.831. The Bertz CT molecular complexity index is 3280. The normalized spacial score (nSPS) is 11.6. The number of hydrogen-bond donors (Lipinski definition) is 0. The van der Waals surface area contributed by atoms with E-state index >= 15 is 0 Å². The van der Waals surface area contributed by atoms with E-state index in [-0.39, 0.29) is 11.1 Å². The molecule has 0 atom stereocenters. The fraction of sp³-hybridized carbons (Fsp3) is 0.0385. The monoisotopic (exact) mass is 776 g/mol. The SMILES string of the molecule is O=c1c2c(-c3ccccc3)nc(-c3cccc(-c4nc(-c5ccccc5)c5c(=O)n(Cc6ccccc6)c6ccccc6n45)c3)n2c2ccccc2n1Cc1ccccc1. The van der Waals surface area contributed by atoms with Crippen LogP contribution in [0.5, 0.6) is 0 Å². The molecule has 0 saturated carbocycles. The fourth-order valence-electron chi connectivity index (χ4n) is 8.57. The summed E-state index contributed by atoms with van der Waals surface area (Å²) in [6.07, 6.45) is 0. The lowest BCUT2D eigenvalue weighted by Gasteiger charge is -2.15. The van der Waals surface area contributed by atoms with Crippen molar-refractivity contribution < 1.29 is 0 Å². The summed E-state index contributed by atoms with van der Waals surface area (Å²) in [7, 11) is 0. The lowest BCUT2D eigenvalue weighted by molar-refractivity contribution is 0.793. The van der Waals surface area contributed by atoms with Crippen molar-refractivity contribution >= 4 is 33.1 Å².